The highest BCUT2D eigenvalue weighted by Crippen LogP contribution is 2.25. The van der Waals surface area contributed by atoms with Gasteiger partial charge in [0, 0.05) is 0 Å². The van der Waals surface area contributed by atoms with Crippen molar-refractivity contribution in [3.63, 3.8) is 0 Å². The standard InChI is InChI=1S/C13H18O/c1-4-5-10-14-13-9-7-6-8-12(13)11(2)3/h4-9,11H,10H2,1-3H3/b5-4+. The summed E-state index contributed by atoms with van der Waals surface area (Å²) in [5, 5.41) is 0. The van der Waals surface area contributed by atoms with E-state index < -0.39 is 0 Å². The SMILES string of the molecule is C/C=C/COc1ccccc1C(C)C. The van der Waals surface area contributed by atoms with Crippen molar-refractivity contribution in [3.8, 4) is 5.75 Å². The van der Waals surface area contributed by atoms with E-state index in [0.29, 0.717) is 12.5 Å². The summed E-state index contributed by atoms with van der Waals surface area (Å²) in [6.45, 7) is 7.01. The van der Waals surface area contributed by atoms with E-state index in [1.165, 1.54) is 5.56 Å². The van der Waals surface area contributed by atoms with Crippen molar-refractivity contribution in [2.75, 3.05) is 6.61 Å². The van der Waals surface area contributed by atoms with Gasteiger partial charge in [0.25, 0.3) is 0 Å². The van der Waals surface area contributed by atoms with E-state index in [4.69, 9.17) is 4.74 Å². The predicted molar refractivity (Wildman–Crippen MR) is 60.8 cm³/mol. The number of benzene rings is 1. The van der Waals surface area contributed by atoms with Crippen molar-refractivity contribution < 1.29 is 4.74 Å². The zero-order valence-electron chi connectivity index (χ0n) is 9.16. The highest BCUT2D eigenvalue weighted by atomic mass is 16.5. The van der Waals surface area contributed by atoms with Crippen LogP contribution in [-0.4, -0.2) is 6.61 Å². The number of para-hydroxylation sites is 1. The van der Waals surface area contributed by atoms with E-state index >= 15 is 0 Å². The van der Waals surface area contributed by atoms with Gasteiger partial charge in [0.1, 0.15) is 12.4 Å². The molecule has 0 aliphatic carbocycles. The van der Waals surface area contributed by atoms with Crippen LogP contribution in [-0.2, 0) is 0 Å². The first-order chi connectivity index (χ1) is 6.75. The molecule has 0 radical (unpaired) electrons. The zero-order valence-corrected chi connectivity index (χ0v) is 9.16. The molecule has 14 heavy (non-hydrogen) atoms. The molecule has 0 unspecified atom stereocenters. The molecule has 0 aliphatic heterocycles. The average molecular weight is 190 g/mol. The van der Waals surface area contributed by atoms with Crippen LogP contribution in [0.5, 0.6) is 5.75 Å². The molecule has 0 saturated carbocycles. The van der Waals surface area contributed by atoms with Crippen molar-refractivity contribution in [1.29, 1.82) is 0 Å². The first-order valence-electron chi connectivity index (χ1n) is 5.08. The van der Waals surface area contributed by atoms with E-state index in [1.807, 2.05) is 31.2 Å². The van der Waals surface area contributed by atoms with Gasteiger partial charge in [0.05, 0.1) is 0 Å². The number of hydrogen-bond acceptors (Lipinski definition) is 1. The largest absolute Gasteiger partial charge is 0.489 e. The molecule has 1 rings (SSSR count). The molecule has 1 heteroatoms. The van der Waals surface area contributed by atoms with Crippen molar-refractivity contribution in [2.45, 2.75) is 26.7 Å². The Bertz CT molecular complexity index is 300. The van der Waals surface area contributed by atoms with Crippen LogP contribution in [0.15, 0.2) is 36.4 Å². The van der Waals surface area contributed by atoms with E-state index in [9.17, 15) is 0 Å². The molecule has 0 heterocycles. The summed E-state index contributed by atoms with van der Waals surface area (Å²) < 4.78 is 5.65. The second kappa shape index (κ2) is 5.48. The molecular formula is C13H18O. The number of allylic oxidation sites excluding steroid dienone is 1. The molecular weight excluding hydrogens is 172 g/mol. The lowest BCUT2D eigenvalue weighted by Gasteiger charge is -2.12. The van der Waals surface area contributed by atoms with E-state index in [2.05, 4.69) is 26.0 Å². The van der Waals surface area contributed by atoms with Crippen LogP contribution in [0, 0.1) is 0 Å². The molecule has 1 aromatic carbocycles. The minimum absolute atomic E-state index is 0.511. The summed E-state index contributed by atoms with van der Waals surface area (Å²) in [7, 11) is 0. The Morgan fingerprint density at radius 2 is 2.00 bits per heavy atom. The Balaban J connectivity index is 2.74. The normalized spacial score (nSPS) is 11.1. The Kier molecular flexibility index (Phi) is 4.24. The number of ether oxygens (including phenoxy) is 1. The van der Waals surface area contributed by atoms with Crippen LogP contribution in [0.1, 0.15) is 32.3 Å². The molecule has 0 atom stereocenters. The maximum Gasteiger partial charge on any atom is 0.123 e. The van der Waals surface area contributed by atoms with Crippen LogP contribution in [0.2, 0.25) is 0 Å². The minimum Gasteiger partial charge on any atom is -0.489 e. The van der Waals surface area contributed by atoms with Crippen LogP contribution in [0.3, 0.4) is 0 Å². The van der Waals surface area contributed by atoms with E-state index in [-0.39, 0.29) is 0 Å². The highest BCUT2D eigenvalue weighted by molar-refractivity contribution is 5.35. The Hall–Kier alpha value is -1.24. The summed E-state index contributed by atoms with van der Waals surface area (Å²) in [5.41, 5.74) is 1.28. The van der Waals surface area contributed by atoms with Gasteiger partial charge in [-0.15, -0.1) is 0 Å². The third-order valence-corrected chi connectivity index (χ3v) is 2.11. The molecule has 0 amide bonds. The molecule has 1 aromatic rings. The molecule has 0 aromatic heterocycles. The van der Waals surface area contributed by atoms with Crippen LogP contribution < -0.4 is 4.74 Å². The third kappa shape index (κ3) is 2.91. The lowest BCUT2D eigenvalue weighted by molar-refractivity contribution is 0.357. The summed E-state index contributed by atoms with van der Waals surface area (Å²) in [5.74, 6) is 1.51. The van der Waals surface area contributed by atoms with Crippen LogP contribution in [0.25, 0.3) is 0 Å². The number of hydrogen-bond donors (Lipinski definition) is 0. The van der Waals surface area contributed by atoms with Gasteiger partial charge in [-0.1, -0.05) is 44.2 Å². The smallest absolute Gasteiger partial charge is 0.123 e. The Morgan fingerprint density at radius 3 is 2.64 bits per heavy atom. The fourth-order valence-corrected chi connectivity index (χ4v) is 1.32. The predicted octanol–water partition coefficient (Wildman–Crippen LogP) is 3.76. The summed E-state index contributed by atoms with van der Waals surface area (Å²) >= 11 is 0. The molecule has 0 saturated heterocycles. The van der Waals surface area contributed by atoms with E-state index in [0.717, 1.165) is 5.75 Å². The van der Waals surface area contributed by atoms with E-state index in [1.54, 1.807) is 0 Å². The van der Waals surface area contributed by atoms with Gasteiger partial charge in [-0.2, -0.15) is 0 Å². The highest BCUT2D eigenvalue weighted by Gasteiger charge is 2.05. The second-order valence-corrected chi connectivity index (χ2v) is 3.57. The molecule has 1 nitrogen and oxygen atoms in total. The average Bonchev–Trinajstić information content (AvgIpc) is 2.19. The first-order valence-corrected chi connectivity index (χ1v) is 5.08. The first kappa shape index (κ1) is 10.8. The molecule has 0 fully saturated rings. The van der Waals surface area contributed by atoms with Gasteiger partial charge in [0.2, 0.25) is 0 Å². The lowest BCUT2D eigenvalue weighted by atomic mass is 10.0. The van der Waals surface area contributed by atoms with Crippen LogP contribution >= 0.6 is 0 Å². The summed E-state index contributed by atoms with van der Waals surface area (Å²) in [6.07, 6.45) is 4.01. The van der Waals surface area contributed by atoms with Crippen molar-refractivity contribution in [1.82, 2.24) is 0 Å². The van der Waals surface area contributed by atoms with Crippen molar-refractivity contribution >= 4 is 0 Å². The zero-order chi connectivity index (χ0) is 10.4. The fraction of sp³-hybridized carbons (Fsp3) is 0.385. The Labute approximate surface area is 86.4 Å². The fourth-order valence-electron chi connectivity index (χ4n) is 1.32. The lowest BCUT2D eigenvalue weighted by Crippen LogP contribution is -1.98. The van der Waals surface area contributed by atoms with Gasteiger partial charge < -0.3 is 4.74 Å². The third-order valence-electron chi connectivity index (χ3n) is 2.11. The molecule has 0 bridgehead atoms. The van der Waals surface area contributed by atoms with Crippen molar-refractivity contribution in [2.24, 2.45) is 0 Å². The minimum atomic E-state index is 0.511. The van der Waals surface area contributed by atoms with Gasteiger partial charge in [-0.05, 0) is 24.5 Å². The Morgan fingerprint density at radius 1 is 1.29 bits per heavy atom. The quantitative estimate of drug-likeness (QED) is 0.657. The monoisotopic (exact) mass is 190 g/mol. The topological polar surface area (TPSA) is 9.23 Å². The second-order valence-electron chi connectivity index (χ2n) is 3.57. The maximum absolute atomic E-state index is 5.65. The number of rotatable bonds is 4. The van der Waals surface area contributed by atoms with Crippen molar-refractivity contribution in [3.05, 3.63) is 42.0 Å². The van der Waals surface area contributed by atoms with Gasteiger partial charge in [0.15, 0.2) is 0 Å². The van der Waals surface area contributed by atoms with Gasteiger partial charge in [-0.25, -0.2) is 0 Å². The van der Waals surface area contributed by atoms with Gasteiger partial charge >= 0.3 is 0 Å². The maximum atomic E-state index is 5.65. The van der Waals surface area contributed by atoms with Gasteiger partial charge in [-0.3, -0.25) is 0 Å². The van der Waals surface area contributed by atoms with Crippen LogP contribution in [0.4, 0.5) is 0 Å². The molecule has 0 aliphatic rings. The molecule has 76 valence electrons. The summed E-state index contributed by atoms with van der Waals surface area (Å²) in [4.78, 5) is 0. The molecule has 0 spiro atoms. The summed E-state index contributed by atoms with van der Waals surface area (Å²) in [6, 6.07) is 8.21. The molecule has 0 N–H and O–H groups in total.